The number of hydrogen-bond acceptors (Lipinski definition) is 4. The quantitative estimate of drug-likeness (QED) is 0.822. The molecule has 0 atom stereocenters. The summed E-state index contributed by atoms with van der Waals surface area (Å²) in [4.78, 5) is 10.8. The van der Waals surface area contributed by atoms with Crippen LogP contribution in [0.3, 0.4) is 0 Å². The summed E-state index contributed by atoms with van der Waals surface area (Å²) in [6.07, 6.45) is 0.748. The van der Waals surface area contributed by atoms with Crippen molar-refractivity contribution in [3.63, 3.8) is 0 Å². The summed E-state index contributed by atoms with van der Waals surface area (Å²) in [5.74, 6) is 1.56. The monoisotopic (exact) mass is 257 g/mol. The van der Waals surface area contributed by atoms with Crippen molar-refractivity contribution in [3.05, 3.63) is 16.5 Å². The van der Waals surface area contributed by atoms with Crippen LogP contribution in [0.1, 0.15) is 32.2 Å². The molecule has 0 bridgehead atoms. The van der Waals surface area contributed by atoms with Crippen LogP contribution in [-0.2, 0) is 6.42 Å². The van der Waals surface area contributed by atoms with Gasteiger partial charge in [0, 0.05) is 24.6 Å². The van der Waals surface area contributed by atoms with Gasteiger partial charge in [-0.15, -0.1) is 0 Å². The lowest BCUT2D eigenvalue weighted by molar-refractivity contribution is 0.298. The largest absolute Gasteiger partial charge is 0.395 e. The molecule has 1 heterocycles. The van der Waals surface area contributed by atoms with E-state index >= 15 is 0 Å². The van der Waals surface area contributed by atoms with Crippen molar-refractivity contribution < 1.29 is 5.11 Å². The normalized spacial score (nSPS) is 11.0. The highest BCUT2D eigenvalue weighted by atomic mass is 35.5. The van der Waals surface area contributed by atoms with Gasteiger partial charge in [0.05, 0.1) is 6.61 Å². The molecule has 0 saturated heterocycles. The van der Waals surface area contributed by atoms with E-state index in [4.69, 9.17) is 16.7 Å². The Morgan fingerprint density at radius 1 is 1.35 bits per heavy atom. The molecule has 1 rings (SSSR count). The van der Waals surface area contributed by atoms with Gasteiger partial charge in [-0.1, -0.05) is 18.5 Å². The summed E-state index contributed by atoms with van der Waals surface area (Å²) in [6, 6.07) is 0.261. The zero-order valence-corrected chi connectivity index (χ0v) is 11.6. The summed E-state index contributed by atoms with van der Waals surface area (Å²) >= 11 is 6.11. The molecule has 0 amide bonds. The second kappa shape index (κ2) is 6.17. The Labute approximate surface area is 108 Å². The van der Waals surface area contributed by atoms with Crippen LogP contribution in [0.2, 0.25) is 5.15 Å². The maximum atomic E-state index is 9.12. The lowest BCUT2D eigenvalue weighted by atomic mass is 10.2. The van der Waals surface area contributed by atoms with E-state index in [1.165, 1.54) is 0 Å². The highest BCUT2D eigenvalue weighted by Gasteiger charge is 2.17. The number of nitrogens with zero attached hydrogens (tertiary/aromatic N) is 3. The van der Waals surface area contributed by atoms with E-state index in [0.29, 0.717) is 11.7 Å². The van der Waals surface area contributed by atoms with Crippen molar-refractivity contribution in [1.29, 1.82) is 0 Å². The SMILES string of the molecule is CCc1nc(Cl)c(C)c(N(CCO)C(C)C)n1. The van der Waals surface area contributed by atoms with Gasteiger partial charge in [0.25, 0.3) is 0 Å². The predicted octanol–water partition coefficient (Wildman–Crippen LogP) is 2.21. The molecule has 17 heavy (non-hydrogen) atoms. The smallest absolute Gasteiger partial charge is 0.137 e. The van der Waals surface area contributed by atoms with Gasteiger partial charge in [0.15, 0.2) is 0 Å². The van der Waals surface area contributed by atoms with Crippen molar-refractivity contribution in [2.75, 3.05) is 18.1 Å². The fourth-order valence-corrected chi connectivity index (χ4v) is 1.86. The molecular weight excluding hydrogens is 238 g/mol. The number of aliphatic hydroxyl groups excluding tert-OH is 1. The van der Waals surface area contributed by atoms with Gasteiger partial charge in [-0.05, 0) is 20.8 Å². The van der Waals surface area contributed by atoms with Gasteiger partial charge in [0.1, 0.15) is 16.8 Å². The average molecular weight is 258 g/mol. The molecule has 0 fully saturated rings. The van der Waals surface area contributed by atoms with E-state index in [2.05, 4.69) is 23.8 Å². The molecule has 96 valence electrons. The molecule has 4 nitrogen and oxygen atoms in total. The fourth-order valence-electron chi connectivity index (χ4n) is 1.67. The van der Waals surface area contributed by atoms with Gasteiger partial charge >= 0.3 is 0 Å². The Kier molecular flexibility index (Phi) is 5.15. The highest BCUT2D eigenvalue weighted by molar-refractivity contribution is 6.30. The second-order valence-corrected chi connectivity index (χ2v) is 4.60. The number of aromatic nitrogens is 2. The summed E-state index contributed by atoms with van der Waals surface area (Å²) in [5.41, 5.74) is 0.867. The summed E-state index contributed by atoms with van der Waals surface area (Å²) in [6.45, 7) is 8.68. The van der Waals surface area contributed by atoms with Gasteiger partial charge < -0.3 is 10.0 Å². The first-order chi connectivity index (χ1) is 8.01. The third-order valence-electron chi connectivity index (χ3n) is 2.66. The molecule has 0 aliphatic carbocycles. The Hall–Kier alpha value is -0.870. The minimum Gasteiger partial charge on any atom is -0.395 e. The standard InChI is InChI=1S/C12H20ClN3O/c1-5-10-14-11(13)9(4)12(15-10)16(6-7-17)8(2)3/h8,17H,5-7H2,1-4H3. The Bertz CT molecular complexity index is 382. The second-order valence-electron chi connectivity index (χ2n) is 4.24. The predicted molar refractivity (Wildman–Crippen MR) is 70.7 cm³/mol. The van der Waals surface area contributed by atoms with E-state index < -0.39 is 0 Å². The zero-order chi connectivity index (χ0) is 13.0. The van der Waals surface area contributed by atoms with Crippen molar-refractivity contribution >= 4 is 17.4 Å². The molecule has 1 aromatic rings. The maximum Gasteiger partial charge on any atom is 0.137 e. The van der Waals surface area contributed by atoms with E-state index in [9.17, 15) is 0 Å². The maximum absolute atomic E-state index is 9.12. The number of rotatable bonds is 5. The fraction of sp³-hybridized carbons (Fsp3) is 0.667. The Balaban J connectivity index is 3.21. The van der Waals surface area contributed by atoms with Crippen molar-refractivity contribution in [3.8, 4) is 0 Å². The van der Waals surface area contributed by atoms with E-state index in [1.54, 1.807) is 0 Å². The molecule has 0 saturated carbocycles. The molecule has 0 aliphatic rings. The van der Waals surface area contributed by atoms with Crippen LogP contribution in [0, 0.1) is 6.92 Å². The number of aryl methyl sites for hydroxylation is 1. The third kappa shape index (κ3) is 3.30. The van der Waals surface area contributed by atoms with Crippen molar-refractivity contribution in [1.82, 2.24) is 9.97 Å². The number of anilines is 1. The number of aliphatic hydroxyl groups is 1. The highest BCUT2D eigenvalue weighted by Crippen LogP contribution is 2.24. The molecule has 0 aliphatic heterocycles. The van der Waals surface area contributed by atoms with Gasteiger partial charge in [0.2, 0.25) is 0 Å². The van der Waals surface area contributed by atoms with E-state index in [-0.39, 0.29) is 12.6 Å². The summed E-state index contributed by atoms with van der Waals surface area (Å²) in [5, 5.41) is 9.61. The van der Waals surface area contributed by atoms with Crippen LogP contribution in [0.25, 0.3) is 0 Å². The average Bonchev–Trinajstić information content (AvgIpc) is 2.29. The molecule has 0 unspecified atom stereocenters. The van der Waals surface area contributed by atoms with Crippen LogP contribution >= 0.6 is 11.6 Å². The van der Waals surface area contributed by atoms with Crippen LogP contribution in [0.5, 0.6) is 0 Å². The first kappa shape index (κ1) is 14.2. The van der Waals surface area contributed by atoms with Crippen LogP contribution in [0.4, 0.5) is 5.82 Å². The molecule has 1 N–H and O–H groups in total. The zero-order valence-electron chi connectivity index (χ0n) is 10.9. The lowest BCUT2D eigenvalue weighted by Gasteiger charge is -2.28. The summed E-state index contributed by atoms with van der Waals surface area (Å²) in [7, 11) is 0. The van der Waals surface area contributed by atoms with Crippen molar-refractivity contribution in [2.24, 2.45) is 0 Å². The minimum absolute atomic E-state index is 0.0979. The number of hydrogen-bond donors (Lipinski definition) is 1. The van der Waals surface area contributed by atoms with Crippen LogP contribution < -0.4 is 4.90 Å². The van der Waals surface area contributed by atoms with Crippen LogP contribution in [0.15, 0.2) is 0 Å². The molecular formula is C12H20ClN3O. The lowest BCUT2D eigenvalue weighted by Crippen LogP contribution is -2.35. The first-order valence-corrected chi connectivity index (χ1v) is 6.29. The number of halogens is 1. The molecule has 0 radical (unpaired) electrons. The Morgan fingerprint density at radius 2 is 2.00 bits per heavy atom. The molecule has 0 aromatic carbocycles. The minimum atomic E-state index is 0.0979. The van der Waals surface area contributed by atoms with Crippen LogP contribution in [-0.4, -0.2) is 34.3 Å². The van der Waals surface area contributed by atoms with E-state index in [1.807, 2.05) is 18.7 Å². The van der Waals surface area contributed by atoms with Gasteiger partial charge in [-0.25, -0.2) is 9.97 Å². The summed E-state index contributed by atoms with van der Waals surface area (Å²) < 4.78 is 0. The Morgan fingerprint density at radius 3 is 2.47 bits per heavy atom. The van der Waals surface area contributed by atoms with Crippen molar-refractivity contribution in [2.45, 2.75) is 40.2 Å². The third-order valence-corrected chi connectivity index (χ3v) is 3.03. The van der Waals surface area contributed by atoms with Gasteiger partial charge in [-0.3, -0.25) is 0 Å². The molecule has 1 aromatic heterocycles. The topological polar surface area (TPSA) is 49.2 Å². The van der Waals surface area contributed by atoms with Gasteiger partial charge in [-0.2, -0.15) is 0 Å². The van der Waals surface area contributed by atoms with E-state index in [0.717, 1.165) is 23.6 Å². The molecule has 5 heteroatoms. The molecule has 0 spiro atoms. The first-order valence-electron chi connectivity index (χ1n) is 5.91.